The molecule has 0 saturated carbocycles. The summed E-state index contributed by atoms with van der Waals surface area (Å²) in [5, 5.41) is 2.63. The lowest BCUT2D eigenvalue weighted by molar-refractivity contribution is -0.154. The number of rotatable bonds is 7. The van der Waals surface area contributed by atoms with E-state index in [1.807, 2.05) is 0 Å². The minimum atomic E-state index is -2.11. The Hall–Kier alpha value is -4.05. The molecule has 0 aliphatic rings. The zero-order chi connectivity index (χ0) is 23.4. The van der Waals surface area contributed by atoms with Crippen molar-refractivity contribution in [1.29, 1.82) is 0 Å². The number of nitrogens with zero attached hydrogens (tertiary/aromatic N) is 1. The fourth-order valence-electron chi connectivity index (χ4n) is 2.88. The fraction of sp³-hybridized carbons (Fsp3) is 0.143. The number of halogens is 1. The van der Waals surface area contributed by atoms with Gasteiger partial charge in [-0.2, -0.15) is 0 Å². The first-order valence-electron chi connectivity index (χ1n) is 9.06. The first-order valence-corrected chi connectivity index (χ1v) is 9.43. The number of aromatic nitrogens is 2. The highest BCUT2D eigenvalue weighted by Gasteiger charge is 2.40. The van der Waals surface area contributed by atoms with Gasteiger partial charge in [-0.1, -0.05) is 17.7 Å². The Morgan fingerprint density at radius 2 is 1.81 bits per heavy atom. The standard InChI is InChI=1S/C21H16ClN3O7/c1-31-12-5-3-4-11(9-12)23-20(29)17(26)15(18(27)21(30)32-2)16-19(28)25-14-8-10(22)6-7-13(14)24-16/h3-9,15H,1-2H3,(H,23,29)(H,25,28)/t15-/m0/s1. The van der Waals surface area contributed by atoms with E-state index in [2.05, 4.69) is 20.0 Å². The number of H-pyrrole nitrogens is 1. The van der Waals surface area contributed by atoms with E-state index in [1.54, 1.807) is 12.1 Å². The van der Waals surface area contributed by atoms with Gasteiger partial charge in [0.25, 0.3) is 17.2 Å². The Morgan fingerprint density at radius 3 is 2.50 bits per heavy atom. The molecular formula is C21H16ClN3O7. The minimum Gasteiger partial charge on any atom is -0.497 e. The van der Waals surface area contributed by atoms with Gasteiger partial charge >= 0.3 is 5.97 Å². The Balaban J connectivity index is 2.04. The molecule has 32 heavy (non-hydrogen) atoms. The fourth-order valence-corrected chi connectivity index (χ4v) is 3.05. The zero-order valence-electron chi connectivity index (χ0n) is 16.8. The van der Waals surface area contributed by atoms with Crippen LogP contribution < -0.4 is 15.6 Å². The van der Waals surface area contributed by atoms with Crippen LogP contribution in [0.5, 0.6) is 5.75 Å². The Bertz CT molecular complexity index is 1300. The van der Waals surface area contributed by atoms with Crippen LogP contribution in [0, 0.1) is 0 Å². The molecule has 0 aliphatic heterocycles. The summed E-state index contributed by atoms with van der Waals surface area (Å²) in [6.07, 6.45) is 0. The van der Waals surface area contributed by atoms with Crippen LogP contribution in [0.15, 0.2) is 47.3 Å². The van der Waals surface area contributed by atoms with Crippen molar-refractivity contribution in [2.75, 3.05) is 19.5 Å². The third-order valence-electron chi connectivity index (χ3n) is 4.42. The molecule has 10 nitrogen and oxygen atoms in total. The van der Waals surface area contributed by atoms with Gasteiger partial charge in [0.15, 0.2) is 0 Å². The van der Waals surface area contributed by atoms with E-state index in [1.165, 1.54) is 37.4 Å². The highest BCUT2D eigenvalue weighted by Crippen LogP contribution is 2.21. The first-order chi connectivity index (χ1) is 15.2. The summed E-state index contributed by atoms with van der Waals surface area (Å²) in [6.45, 7) is 0. The van der Waals surface area contributed by atoms with Crippen LogP contribution in [-0.4, -0.2) is 47.6 Å². The van der Waals surface area contributed by atoms with Crippen molar-refractivity contribution >= 4 is 51.8 Å². The van der Waals surface area contributed by atoms with E-state index in [4.69, 9.17) is 16.3 Å². The van der Waals surface area contributed by atoms with Gasteiger partial charge in [-0.15, -0.1) is 0 Å². The lowest BCUT2D eigenvalue weighted by atomic mass is 9.94. The normalized spacial score (nSPS) is 11.5. The van der Waals surface area contributed by atoms with E-state index in [-0.39, 0.29) is 16.7 Å². The third kappa shape index (κ3) is 4.65. The molecule has 164 valence electrons. The maximum atomic E-state index is 12.9. The van der Waals surface area contributed by atoms with Gasteiger partial charge in [-0.3, -0.25) is 19.2 Å². The number of hydrogen-bond donors (Lipinski definition) is 2. The minimum absolute atomic E-state index is 0.188. The molecule has 1 amide bonds. The molecule has 11 heteroatoms. The van der Waals surface area contributed by atoms with E-state index < -0.39 is 40.6 Å². The second-order valence-electron chi connectivity index (χ2n) is 6.45. The highest BCUT2D eigenvalue weighted by atomic mass is 35.5. The van der Waals surface area contributed by atoms with Crippen molar-refractivity contribution in [2.45, 2.75) is 5.92 Å². The number of benzene rings is 2. The quantitative estimate of drug-likeness (QED) is 0.309. The van der Waals surface area contributed by atoms with Gasteiger partial charge in [-0.25, -0.2) is 9.78 Å². The predicted molar refractivity (Wildman–Crippen MR) is 114 cm³/mol. The molecule has 0 radical (unpaired) electrons. The summed E-state index contributed by atoms with van der Waals surface area (Å²) in [6, 6.07) is 10.4. The molecule has 0 spiro atoms. The molecule has 0 bridgehead atoms. The number of aromatic amines is 1. The summed E-state index contributed by atoms with van der Waals surface area (Å²) >= 11 is 5.89. The van der Waals surface area contributed by atoms with Crippen LogP contribution >= 0.6 is 11.6 Å². The Morgan fingerprint density at radius 1 is 1.06 bits per heavy atom. The van der Waals surface area contributed by atoms with E-state index in [9.17, 15) is 24.0 Å². The number of fused-ring (bicyclic) bond motifs is 1. The molecule has 2 N–H and O–H groups in total. The number of amides is 1. The van der Waals surface area contributed by atoms with Crippen LogP contribution in [0.2, 0.25) is 5.02 Å². The molecule has 0 aliphatic carbocycles. The number of hydrogen-bond acceptors (Lipinski definition) is 8. The van der Waals surface area contributed by atoms with Crippen molar-refractivity contribution in [3.05, 3.63) is 63.5 Å². The average molecular weight is 458 g/mol. The van der Waals surface area contributed by atoms with Gasteiger partial charge < -0.3 is 19.8 Å². The van der Waals surface area contributed by atoms with Crippen molar-refractivity contribution in [2.24, 2.45) is 0 Å². The highest BCUT2D eigenvalue weighted by molar-refractivity contribution is 6.52. The second-order valence-corrected chi connectivity index (χ2v) is 6.89. The maximum Gasteiger partial charge on any atom is 0.375 e. The van der Waals surface area contributed by atoms with E-state index in [0.29, 0.717) is 10.8 Å². The number of carbonyl (C=O) groups is 4. The SMILES string of the molecule is COC(=O)C(=O)[C@H](C(=O)C(=O)Nc1cccc(OC)c1)c1nc2ccc(Cl)cc2[nH]c1=O. The number of nitrogens with one attached hydrogen (secondary N) is 2. The molecular weight excluding hydrogens is 442 g/mol. The number of ether oxygens (including phenoxy) is 2. The molecule has 1 atom stereocenters. The number of anilines is 1. The number of esters is 1. The first kappa shape index (κ1) is 22.6. The number of carbonyl (C=O) groups excluding carboxylic acids is 4. The van der Waals surface area contributed by atoms with Crippen molar-refractivity contribution in [3.8, 4) is 5.75 Å². The summed E-state index contributed by atoms with van der Waals surface area (Å²) < 4.78 is 9.44. The molecule has 0 unspecified atom stereocenters. The molecule has 3 aromatic rings. The van der Waals surface area contributed by atoms with Crippen molar-refractivity contribution in [3.63, 3.8) is 0 Å². The number of Topliss-reactive ketones (excluding diaryl/α,β-unsaturated/α-hetero) is 2. The van der Waals surface area contributed by atoms with Crippen molar-refractivity contribution < 1.29 is 28.7 Å². The molecule has 2 aromatic carbocycles. The lowest BCUT2D eigenvalue weighted by Crippen LogP contribution is -2.39. The van der Waals surface area contributed by atoms with Gasteiger partial charge in [0.2, 0.25) is 5.78 Å². The van der Waals surface area contributed by atoms with E-state index in [0.717, 1.165) is 7.11 Å². The lowest BCUT2D eigenvalue weighted by Gasteiger charge is -2.13. The summed E-state index contributed by atoms with van der Waals surface area (Å²) in [4.78, 5) is 69.1. The van der Waals surface area contributed by atoms with Gasteiger partial charge in [0.05, 0.1) is 25.3 Å². The molecule has 1 heterocycles. The van der Waals surface area contributed by atoms with Crippen LogP contribution in [0.3, 0.4) is 0 Å². The van der Waals surface area contributed by atoms with Crippen molar-refractivity contribution in [1.82, 2.24) is 9.97 Å². The topological polar surface area (TPSA) is 145 Å². The average Bonchev–Trinajstić information content (AvgIpc) is 2.78. The summed E-state index contributed by atoms with van der Waals surface area (Å²) in [5.74, 6) is -7.13. The van der Waals surface area contributed by atoms with E-state index >= 15 is 0 Å². The molecule has 0 saturated heterocycles. The number of ketones is 2. The summed E-state index contributed by atoms with van der Waals surface area (Å²) in [7, 11) is 2.35. The molecule has 1 aromatic heterocycles. The van der Waals surface area contributed by atoms with Gasteiger partial charge in [0.1, 0.15) is 17.4 Å². The largest absolute Gasteiger partial charge is 0.497 e. The second kappa shape index (κ2) is 9.40. The summed E-state index contributed by atoms with van der Waals surface area (Å²) in [5.41, 5.74) is -0.941. The van der Waals surface area contributed by atoms with Crippen LogP contribution in [0.1, 0.15) is 11.6 Å². The van der Waals surface area contributed by atoms with Gasteiger partial charge in [-0.05, 0) is 30.3 Å². The predicted octanol–water partition coefficient (Wildman–Crippen LogP) is 1.62. The third-order valence-corrected chi connectivity index (χ3v) is 4.65. The molecule has 3 rings (SSSR count). The van der Waals surface area contributed by atoms with Crippen LogP contribution in [0.25, 0.3) is 11.0 Å². The monoisotopic (exact) mass is 457 g/mol. The number of methoxy groups -OCH3 is 2. The van der Waals surface area contributed by atoms with Gasteiger partial charge in [0, 0.05) is 16.8 Å². The Kier molecular flexibility index (Phi) is 6.64. The van der Waals surface area contributed by atoms with Crippen LogP contribution in [0.4, 0.5) is 5.69 Å². The zero-order valence-corrected chi connectivity index (χ0v) is 17.6. The van der Waals surface area contributed by atoms with Crippen LogP contribution in [-0.2, 0) is 23.9 Å². The molecule has 0 fully saturated rings. The Labute approximate surface area is 185 Å². The smallest absolute Gasteiger partial charge is 0.375 e. The maximum absolute atomic E-state index is 12.9.